The number of hydrogen-bond acceptors (Lipinski definition) is 6. The van der Waals surface area contributed by atoms with E-state index in [0.717, 1.165) is 74.5 Å². The van der Waals surface area contributed by atoms with Crippen LogP contribution in [0.3, 0.4) is 0 Å². The van der Waals surface area contributed by atoms with Gasteiger partial charge in [-0.15, -0.1) is 0 Å². The van der Waals surface area contributed by atoms with Crippen LogP contribution >= 0.6 is 0 Å². The van der Waals surface area contributed by atoms with Gasteiger partial charge in [-0.3, -0.25) is 14.4 Å². The van der Waals surface area contributed by atoms with Crippen molar-refractivity contribution in [3.63, 3.8) is 0 Å². The molecule has 6 nitrogen and oxygen atoms in total. The zero-order valence-corrected chi connectivity index (χ0v) is 45.4. The molecular formula is C64H100O6. The standard InChI is InChI=1S/C64H100O6/c1-7-10-13-16-19-22-25-28-31-34-49-62(4,68)59(65)55-43-37-52(38-44-55)58(53-39-45-56(46-40-53)60(66)63(5,69)50-35-32-29-26-23-20-17-14-11-8-2)54-41-47-57(48-42-54)61(67)64(6,70)51-36-33-30-27-24-21-18-15-12-9-3/h37-48,58,68-70H,7-36,49-51H2,1-6H3. The molecule has 0 heterocycles. The summed E-state index contributed by atoms with van der Waals surface area (Å²) in [6, 6.07) is 22.4. The van der Waals surface area contributed by atoms with E-state index in [2.05, 4.69) is 20.8 Å². The summed E-state index contributed by atoms with van der Waals surface area (Å²) >= 11 is 0. The SMILES string of the molecule is CCCCCCCCCCCCC(C)(O)C(=O)c1ccc(C(c2ccc(C(=O)C(C)(O)CCCCCCCCCCCC)cc2)c2ccc(C(=O)C(C)(O)CCCCCCCCCCCC)cc2)cc1. The number of carbonyl (C=O) groups is 3. The second kappa shape index (κ2) is 34.1. The van der Waals surface area contributed by atoms with Gasteiger partial charge in [0.2, 0.25) is 0 Å². The normalized spacial score (nSPS) is 14.7. The zero-order chi connectivity index (χ0) is 51.1. The Kier molecular flexibility index (Phi) is 29.6. The molecule has 0 bridgehead atoms. The lowest BCUT2D eigenvalue weighted by Gasteiger charge is -2.24. The molecule has 0 aliphatic carbocycles. The molecule has 3 atom stereocenters. The molecule has 3 aromatic carbocycles. The molecule has 6 heteroatoms. The number of hydrogen-bond donors (Lipinski definition) is 3. The third kappa shape index (κ3) is 22.5. The second-order valence-corrected chi connectivity index (χ2v) is 21.9. The van der Waals surface area contributed by atoms with Crippen LogP contribution < -0.4 is 0 Å². The Morgan fingerprint density at radius 1 is 0.314 bits per heavy atom. The van der Waals surface area contributed by atoms with E-state index in [-0.39, 0.29) is 23.3 Å². The summed E-state index contributed by atoms with van der Waals surface area (Å²) in [5.41, 5.74) is -0.304. The number of ketones is 3. The molecule has 0 aliphatic rings. The van der Waals surface area contributed by atoms with Crippen LogP contribution in [0.2, 0.25) is 0 Å². The second-order valence-electron chi connectivity index (χ2n) is 21.9. The van der Waals surface area contributed by atoms with E-state index in [1.165, 1.54) is 135 Å². The summed E-state index contributed by atoms with van der Waals surface area (Å²) in [4.78, 5) is 41.2. The van der Waals surface area contributed by atoms with Crippen molar-refractivity contribution in [3.8, 4) is 0 Å². The molecule has 0 amide bonds. The first kappa shape index (κ1) is 60.9. The van der Waals surface area contributed by atoms with Crippen LogP contribution in [0.25, 0.3) is 0 Å². The highest BCUT2D eigenvalue weighted by molar-refractivity contribution is 6.03. The van der Waals surface area contributed by atoms with Crippen molar-refractivity contribution in [1.29, 1.82) is 0 Å². The van der Waals surface area contributed by atoms with Crippen molar-refractivity contribution in [2.75, 3.05) is 0 Å². The Balaban J connectivity index is 1.73. The third-order valence-corrected chi connectivity index (χ3v) is 15.0. The largest absolute Gasteiger partial charge is 0.382 e. The van der Waals surface area contributed by atoms with Gasteiger partial charge in [0.15, 0.2) is 17.3 Å². The lowest BCUT2D eigenvalue weighted by molar-refractivity contribution is 0.0354. The molecule has 3 aromatic rings. The minimum Gasteiger partial charge on any atom is -0.382 e. The van der Waals surface area contributed by atoms with Gasteiger partial charge >= 0.3 is 0 Å². The van der Waals surface area contributed by atoms with Gasteiger partial charge < -0.3 is 15.3 Å². The summed E-state index contributed by atoms with van der Waals surface area (Å²) in [5, 5.41) is 34.1. The molecule has 0 fully saturated rings. The van der Waals surface area contributed by atoms with E-state index in [1.54, 1.807) is 57.2 Å². The van der Waals surface area contributed by atoms with Crippen molar-refractivity contribution in [2.45, 2.75) is 276 Å². The summed E-state index contributed by atoms with van der Waals surface area (Å²) in [7, 11) is 0. The Labute approximate surface area is 427 Å². The van der Waals surface area contributed by atoms with Crippen LogP contribution in [0.5, 0.6) is 0 Å². The summed E-state index contributed by atoms with van der Waals surface area (Å²) < 4.78 is 0. The number of aliphatic hydroxyl groups is 3. The number of rotatable bonds is 42. The third-order valence-electron chi connectivity index (χ3n) is 15.0. The molecule has 392 valence electrons. The van der Waals surface area contributed by atoms with Crippen molar-refractivity contribution < 1.29 is 29.7 Å². The quantitative estimate of drug-likeness (QED) is 0.0296. The van der Waals surface area contributed by atoms with E-state index >= 15 is 0 Å². The molecule has 0 aliphatic heterocycles. The average Bonchev–Trinajstić information content (AvgIpc) is 3.35. The van der Waals surface area contributed by atoms with Gasteiger partial charge in [0.25, 0.3) is 0 Å². The summed E-state index contributed by atoms with van der Waals surface area (Å²) in [6.07, 6.45) is 36.9. The highest BCUT2D eigenvalue weighted by Gasteiger charge is 2.33. The van der Waals surface area contributed by atoms with Crippen LogP contribution in [-0.4, -0.2) is 49.5 Å². The van der Waals surface area contributed by atoms with Crippen LogP contribution in [0, 0.1) is 0 Å². The van der Waals surface area contributed by atoms with Crippen molar-refractivity contribution in [2.24, 2.45) is 0 Å². The van der Waals surface area contributed by atoms with Gasteiger partial charge in [0.1, 0.15) is 16.8 Å². The fourth-order valence-corrected chi connectivity index (χ4v) is 10.2. The first-order valence-electron chi connectivity index (χ1n) is 28.8. The summed E-state index contributed by atoms with van der Waals surface area (Å²) in [6.45, 7) is 11.6. The predicted molar refractivity (Wildman–Crippen MR) is 295 cm³/mol. The summed E-state index contributed by atoms with van der Waals surface area (Å²) in [5.74, 6) is -1.17. The zero-order valence-electron chi connectivity index (χ0n) is 45.4. The Hall–Kier alpha value is -3.45. The molecule has 0 aromatic heterocycles. The van der Waals surface area contributed by atoms with Gasteiger partial charge in [-0.1, -0.05) is 286 Å². The smallest absolute Gasteiger partial charge is 0.194 e. The Morgan fingerprint density at radius 2 is 0.486 bits per heavy atom. The van der Waals surface area contributed by atoms with Gasteiger partial charge in [0, 0.05) is 22.6 Å². The van der Waals surface area contributed by atoms with Crippen molar-refractivity contribution in [3.05, 3.63) is 106 Å². The maximum absolute atomic E-state index is 13.7. The fourth-order valence-electron chi connectivity index (χ4n) is 10.2. The predicted octanol–water partition coefficient (Wildman–Crippen LogP) is 17.6. The maximum Gasteiger partial charge on any atom is 0.194 e. The molecule has 3 unspecified atom stereocenters. The number of unbranched alkanes of at least 4 members (excludes halogenated alkanes) is 27. The van der Waals surface area contributed by atoms with E-state index in [4.69, 9.17) is 0 Å². The first-order valence-corrected chi connectivity index (χ1v) is 28.8. The fraction of sp³-hybridized carbons (Fsp3) is 0.672. The number of Topliss-reactive ketones (excluding diaryl/α,β-unsaturated/α-hetero) is 3. The molecular weight excluding hydrogens is 865 g/mol. The Morgan fingerprint density at radius 3 is 0.671 bits per heavy atom. The number of benzene rings is 3. The molecule has 70 heavy (non-hydrogen) atoms. The van der Waals surface area contributed by atoms with E-state index < -0.39 is 16.8 Å². The van der Waals surface area contributed by atoms with Crippen molar-refractivity contribution in [1.82, 2.24) is 0 Å². The molecule has 0 saturated heterocycles. The highest BCUT2D eigenvalue weighted by atomic mass is 16.3. The minimum atomic E-state index is -1.46. The van der Waals surface area contributed by atoms with E-state index in [0.29, 0.717) is 36.0 Å². The monoisotopic (exact) mass is 965 g/mol. The Bertz CT molecular complexity index is 1640. The van der Waals surface area contributed by atoms with E-state index in [9.17, 15) is 29.7 Å². The molecule has 0 saturated carbocycles. The van der Waals surface area contributed by atoms with Crippen molar-refractivity contribution >= 4 is 17.3 Å². The first-order chi connectivity index (χ1) is 33.7. The average molecular weight is 965 g/mol. The van der Waals surface area contributed by atoms with E-state index in [1.807, 2.05) is 36.4 Å². The molecule has 3 N–H and O–H groups in total. The van der Waals surface area contributed by atoms with Gasteiger partial charge in [-0.25, -0.2) is 0 Å². The van der Waals surface area contributed by atoms with Gasteiger partial charge in [-0.2, -0.15) is 0 Å². The molecule has 3 rings (SSSR count). The lowest BCUT2D eigenvalue weighted by Crippen LogP contribution is -2.35. The number of carbonyl (C=O) groups excluding carboxylic acids is 3. The lowest BCUT2D eigenvalue weighted by atomic mass is 9.82. The molecule has 0 spiro atoms. The van der Waals surface area contributed by atoms with Crippen LogP contribution in [-0.2, 0) is 0 Å². The van der Waals surface area contributed by atoms with Gasteiger partial charge in [0.05, 0.1) is 0 Å². The van der Waals surface area contributed by atoms with Crippen LogP contribution in [0.4, 0.5) is 0 Å². The topological polar surface area (TPSA) is 112 Å². The van der Waals surface area contributed by atoms with Crippen LogP contribution in [0.15, 0.2) is 72.8 Å². The van der Waals surface area contributed by atoms with Crippen LogP contribution in [0.1, 0.15) is 307 Å². The van der Waals surface area contributed by atoms with Gasteiger partial charge in [-0.05, 0) is 56.7 Å². The maximum atomic E-state index is 13.7. The minimum absolute atomic E-state index is 0.285. The molecule has 0 radical (unpaired) electrons. The highest BCUT2D eigenvalue weighted by Crippen LogP contribution is 2.35.